The first-order valence-corrected chi connectivity index (χ1v) is 2.94. The largest absolute Gasteiger partial charge is 0.386 e. The maximum absolute atomic E-state index is 10.9. The van der Waals surface area contributed by atoms with E-state index in [1.165, 1.54) is 6.08 Å². The molecule has 0 aromatic heterocycles. The monoisotopic (exact) mass is 139 g/mol. The summed E-state index contributed by atoms with van der Waals surface area (Å²) in [5, 5.41) is 8.28. The van der Waals surface area contributed by atoms with Gasteiger partial charge in [0.15, 0.2) is 5.78 Å². The molecular formula is C8H11O2. The summed E-state index contributed by atoms with van der Waals surface area (Å²) in [6, 6.07) is 0. The van der Waals surface area contributed by atoms with Crippen molar-refractivity contribution in [2.24, 2.45) is 0 Å². The minimum Gasteiger partial charge on any atom is -0.386 e. The number of aliphatic hydroxyl groups is 1. The summed E-state index contributed by atoms with van der Waals surface area (Å²) in [6.07, 6.45) is 1.34. The lowest BCUT2D eigenvalue weighted by Gasteiger charge is -1.96. The van der Waals surface area contributed by atoms with Gasteiger partial charge in [0.1, 0.15) is 6.61 Å². The van der Waals surface area contributed by atoms with Crippen molar-refractivity contribution in [3.8, 4) is 0 Å². The van der Waals surface area contributed by atoms with E-state index in [1.807, 2.05) is 0 Å². The molecule has 55 valence electrons. The van der Waals surface area contributed by atoms with Crippen LogP contribution in [-0.4, -0.2) is 10.9 Å². The Morgan fingerprint density at radius 3 is 2.30 bits per heavy atom. The Morgan fingerprint density at radius 1 is 1.50 bits per heavy atom. The van der Waals surface area contributed by atoms with E-state index >= 15 is 0 Å². The molecule has 0 rings (SSSR count). The second kappa shape index (κ2) is 4.01. The number of Topliss-reactive ketones (excluding diaryl/α,β-unsaturated/α-hetero) is 1. The molecule has 0 heterocycles. The molecule has 1 N–H and O–H groups in total. The average molecular weight is 139 g/mol. The van der Waals surface area contributed by atoms with E-state index in [-0.39, 0.29) is 5.78 Å². The molecule has 0 aromatic carbocycles. The lowest BCUT2D eigenvalue weighted by Crippen LogP contribution is -1.99. The Kier molecular flexibility index (Phi) is 3.65. The van der Waals surface area contributed by atoms with Crippen molar-refractivity contribution in [2.45, 2.75) is 13.8 Å². The Hall–Kier alpha value is -0.890. The number of hydrogen-bond acceptors (Lipinski definition) is 2. The van der Waals surface area contributed by atoms with Crippen LogP contribution in [0.3, 0.4) is 0 Å². The van der Waals surface area contributed by atoms with Gasteiger partial charge in [0, 0.05) is 0 Å². The zero-order chi connectivity index (χ0) is 8.15. The molecule has 2 heteroatoms. The van der Waals surface area contributed by atoms with Crippen LogP contribution in [-0.2, 0) is 4.79 Å². The summed E-state index contributed by atoms with van der Waals surface area (Å²) in [5.74, 6) is -0.120. The van der Waals surface area contributed by atoms with E-state index in [1.54, 1.807) is 13.8 Å². The molecule has 0 aliphatic carbocycles. The lowest BCUT2D eigenvalue weighted by atomic mass is 10.1. The Balaban J connectivity index is 4.22. The van der Waals surface area contributed by atoms with E-state index in [2.05, 4.69) is 6.58 Å². The van der Waals surface area contributed by atoms with E-state index in [0.29, 0.717) is 11.1 Å². The molecule has 10 heavy (non-hydrogen) atoms. The molecule has 0 saturated heterocycles. The number of carbonyl (C=O) groups is 1. The van der Waals surface area contributed by atoms with Gasteiger partial charge >= 0.3 is 0 Å². The van der Waals surface area contributed by atoms with Crippen molar-refractivity contribution in [1.82, 2.24) is 0 Å². The van der Waals surface area contributed by atoms with Crippen molar-refractivity contribution in [1.29, 1.82) is 0 Å². The van der Waals surface area contributed by atoms with Crippen LogP contribution in [0.15, 0.2) is 23.8 Å². The standard InChI is InChI=1S/C8H11O2/c1-6(2)8(10)7(3)4-5-9/h4-5,9H,1H2,2-3H3. The van der Waals surface area contributed by atoms with Gasteiger partial charge < -0.3 is 5.11 Å². The Bertz CT molecular complexity index is 178. The van der Waals surface area contributed by atoms with E-state index in [4.69, 9.17) is 5.11 Å². The molecule has 0 atom stereocenters. The Labute approximate surface area is 60.9 Å². The molecule has 0 saturated carbocycles. The van der Waals surface area contributed by atoms with Gasteiger partial charge in [-0.1, -0.05) is 6.58 Å². The first kappa shape index (κ1) is 9.11. The summed E-state index contributed by atoms with van der Waals surface area (Å²) in [5.41, 5.74) is 0.977. The molecule has 0 aliphatic rings. The fourth-order valence-corrected chi connectivity index (χ4v) is 0.524. The van der Waals surface area contributed by atoms with Gasteiger partial charge in [-0.15, -0.1) is 0 Å². The zero-order valence-corrected chi connectivity index (χ0v) is 6.22. The predicted octanol–water partition coefficient (Wildman–Crippen LogP) is 1.61. The molecule has 0 fully saturated rings. The van der Waals surface area contributed by atoms with Gasteiger partial charge in [-0.05, 0) is 31.1 Å². The number of aliphatic hydroxyl groups excluding tert-OH is 1. The number of ketones is 1. The van der Waals surface area contributed by atoms with E-state index < -0.39 is 0 Å². The van der Waals surface area contributed by atoms with Gasteiger partial charge in [-0.25, -0.2) is 0 Å². The molecule has 0 amide bonds. The second-order valence-electron chi connectivity index (χ2n) is 2.11. The number of carbonyl (C=O) groups excluding carboxylic acids is 1. The fraction of sp³-hybridized carbons (Fsp3) is 0.250. The first-order valence-electron chi connectivity index (χ1n) is 2.94. The van der Waals surface area contributed by atoms with Crippen LogP contribution in [0.2, 0.25) is 0 Å². The van der Waals surface area contributed by atoms with Crippen LogP contribution < -0.4 is 0 Å². The van der Waals surface area contributed by atoms with Crippen LogP contribution in [0, 0.1) is 6.61 Å². The second-order valence-corrected chi connectivity index (χ2v) is 2.11. The highest BCUT2D eigenvalue weighted by molar-refractivity contribution is 6.06. The summed E-state index contributed by atoms with van der Waals surface area (Å²) >= 11 is 0. The molecule has 0 spiro atoms. The van der Waals surface area contributed by atoms with Gasteiger partial charge in [-0.3, -0.25) is 4.79 Å². The van der Waals surface area contributed by atoms with Crippen molar-refractivity contribution < 1.29 is 9.90 Å². The third-order valence-electron chi connectivity index (χ3n) is 1.07. The van der Waals surface area contributed by atoms with Gasteiger partial charge in [0.2, 0.25) is 0 Å². The molecule has 0 bridgehead atoms. The van der Waals surface area contributed by atoms with Crippen molar-refractivity contribution in [3.63, 3.8) is 0 Å². The summed E-state index contributed by atoms with van der Waals surface area (Å²) in [7, 11) is 0. The first-order chi connectivity index (χ1) is 4.59. The molecule has 2 nitrogen and oxygen atoms in total. The molecular weight excluding hydrogens is 128 g/mol. The third-order valence-corrected chi connectivity index (χ3v) is 1.07. The van der Waals surface area contributed by atoms with Crippen LogP contribution in [0.5, 0.6) is 0 Å². The zero-order valence-electron chi connectivity index (χ0n) is 6.22. The third kappa shape index (κ3) is 2.60. The molecule has 0 aromatic rings. The number of allylic oxidation sites excluding steroid dienone is 2. The SMILES string of the molecule is C=C(C)C(=O)C(C)=C[CH]O. The highest BCUT2D eigenvalue weighted by Crippen LogP contribution is 2.02. The molecule has 0 unspecified atom stereocenters. The Morgan fingerprint density at radius 2 is 2.00 bits per heavy atom. The van der Waals surface area contributed by atoms with Crippen LogP contribution >= 0.6 is 0 Å². The summed E-state index contributed by atoms with van der Waals surface area (Å²) in [6.45, 7) is 7.58. The number of hydrogen-bond donors (Lipinski definition) is 1. The van der Waals surface area contributed by atoms with Gasteiger partial charge in [0.05, 0.1) is 0 Å². The van der Waals surface area contributed by atoms with Crippen molar-refractivity contribution in [3.05, 3.63) is 30.4 Å². The lowest BCUT2D eigenvalue weighted by molar-refractivity contribution is -0.112. The topological polar surface area (TPSA) is 37.3 Å². The van der Waals surface area contributed by atoms with E-state index in [9.17, 15) is 4.79 Å². The van der Waals surface area contributed by atoms with Gasteiger partial charge in [0.25, 0.3) is 0 Å². The molecule has 0 aliphatic heterocycles. The van der Waals surface area contributed by atoms with Crippen molar-refractivity contribution >= 4 is 5.78 Å². The van der Waals surface area contributed by atoms with Crippen LogP contribution in [0.1, 0.15) is 13.8 Å². The minimum absolute atomic E-state index is 0.120. The minimum atomic E-state index is -0.120. The fourth-order valence-electron chi connectivity index (χ4n) is 0.524. The maximum Gasteiger partial charge on any atom is 0.183 e. The van der Waals surface area contributed by atoms with Crippen LogP contribution in [0.4, 0.5) is 0 Å². The highest BCUT2D eigenvalue weighted by Gasteiger charge is 2.02. The highest BCUT2D eigenvalue weighted by atomic mass is 16.2. The average Bonchev–Trinajstić information content (AvgIpc) is 1.87. The maximum atomic E-state index is 10.9. The van der Waals surface area contributed by atoms with Crippen LogP contribution in [0.25, 0.3) is 0 Å². The predicted molar refractivity (Wildman–Crippen MR) is 39.8 cm³/mol. The smallest absolute Gasteiger partial charge is 0.183 e. The summed E-state index contributed by atoms with van der Waals surface area (Å²) < 4.78 is 0. The van der Waals surface area contributed by atoms with E-state index in [0.717, 1.165) is 6.61 Å². The normalized spacial score (nSPS) is 11.3. The molecule has 1 radical (unpaired) electrons. The number of rotatable bonds is 3. The van der Waals surface area contributed by atoms with Crippen molar-refractivity contribution in [2.75, 3.05) is 0 Å². The summed E-state index contributed by atoms with van der Waals surface area (Å²) in [4.78, 5) is 10.9. The quantitative estimate of drug-likeness (QED) is 0.603. The van der Waals surface area contributed by atoms with Gasteiger partial charge in [-0.2, -0.15) is 0 Å².